The molecule has 0 fully saturated rings. The fourth-order valence-electron chi connectivity index (χ4n) is 2.13. The quantitative estimate of drug-likeness (QED) is 0.695. The summed E-state index contributed by atoms with van der Waals surface area (Å²) in [5.41, 5.74) is 2.55. The first kappa shape index (κ1) is 17.9. The Hall–Kier alpha value is -1.93. The summed E-state index contributed by atoms with van der Waals surface area (Å²) >= 11 is 7.35. The Labute approximate surface area is 156 Å². The Kier molecular flexibility index (Phi) is 5.10. The van der Waals surface area contributed by atoms with E-state index in [0.717, 1.165) is 22.1 Å². The van der Waals surface area contributed by atoms with Gasteiger partial charge in [-0.15, -0.1) is 11.3 Å². The van der Waals surface area contributed by atoms with Crippen LogP contribution in [0.5, 0.6) is 0 Å². The minimum Gasteiger partial charge on any atom is -0.332 e. The van der Waals surface area contributed by atoms with E-state index < -0.39 is 10.0 Å². The van der Waals surface area contributed by atoms with Crippen LogP contribution in [-0.2, 0) is 10.0 Å². The molecule has 5 nitrogen and oxygen atoms in total. The standard InChI is InChI=1S/C17H16ClN3O2S2/c1-21(2)25(22,23)15-9-3-12(4-10-15)16-11-24-17(20-16)19-14-7-5-13(18)6-8-14/h3-11H,1-2H3,(H,19,20). The number of hydrogen-bond donors (Lipinski definition) is 1. The average Bonchev–Trinajstić information content (AvgIpc) is 3.05. The molecule has 1 aromatic heterocycles. The topological polar surface area (TPSA) is 62.3 Å². The van der Waals surface area contributed by atoms with Gasteiger partial charge in [-0.25, -0.2) is 17.7 Å². The minimum atomic E-state index is -3.42. The highest BCUT2D eigenvalue weighted by atomic mass is 35.5. The van der Waals surface area contributed by atoms with Crippen LogP contribution < -0.4 is 5.32 Å². The smallest absolute Gasteiger partial charge is 0.242 e. The summed E-state index contributed by atoms with van der Waals surface area (Å²) in [5.74, 6) is 0. The van der Waals surface area contributed by atoms with E-state index in [1.54, 1.807) is 24.3 Å². The zero-order chi connectivity index (χ0) is 18.0. The van der Waals surface area contributed by atoms with E-state index in [-0.39, 0.29) is 4.90 Å². The van der Waals surface area contributed by atoms with Gasteiger partial charge in [0.15, 0.2) is 5.13 Å². The summed E-state index contributed by atoms with van der Waals surface area (Å²) in [6, 6.07) is 14.1. The molecule has 0 radical (unpaired) electrons. The third-order valence-electron chi connectivity index (χ3n) is 3.53. The van der Waals surface area contributed by atoms with Crippen molar-refractivity contribution in [3.63, 3.8) is 0 Å². The molecular weight excluding hydrogens is 378 g/mol. The Balaban J connectivity index is 1.79. The zero-order valence-corrected chi connectivity index (χ0v) is 16.0. The third-order valence-corrected chi connectivity index (χ3v) is 6.37. The monoisotopic (exact) mass is 393 g/mol. The van der Waals surface area contributed by atoms with Gasteiger partial charge in [-0.1, -0.05) is 23.7 Å². The summed E-state index contributed by atoms with van der Waals surface area (Å²) < 4.78 is 25.4. The van der Waals surface area contributed by atoms with Crippen molar-refractivity contribution in [2.45, 2.75) is 4.90 Å². The van der Waals surface area contributed by atoms with E-state index in [1.165, 1.54) is 29.7 Å². The molecule has 1 heterocycles. The lowest BCUT2D eigenvalue weighted by Gasteiger charge is -2.11. The van der Waals surface area contributed by atoms with Crippen LogP contribution in [0.1, 0.15) is 0 Å². The largest absolute Gasteiger partial charge is 0.332 e. The van der Waals surface area contributed by atoms with Gasteiger partial charge in [-0.3, -0.25) is 0 Å². The lowest BCUT2D eigenvalue weighted by molar-refractivity contribution is 0.521. The van der Waals surface area contributed by atoms with Crippen molar-refractivity contribution < 1.29 is 8.42 Å². The molecule has 0 aliphatic rings. The molecular formula is C17H16ClN3O2S2. The molecule has 3 rings (SSSR count). The van der Waals surface area contributed by atoms with Gasteiger partial charge in [0.2, 0.25) is 10.0 Å². The van der Waals surface area contributed by atoms with E-state index in [0.29, 0.717) is 5.02 Å². The molecule has 0 saturated heterocycles. The maximum Gasteiger partial charge on any atom is 0.242 e. The van der Waals surface area contributed by atoms with Crippen LogP contribution in [0.15, 0.2) is 58.8 Å². The van der Waals surface area contributed by atoms with Crippen molar-refractivity contribution in [1.82, 2.24) is 9.29 Å². The highest BCUT2D eigenvalue weighted by Crippen LogP contribution is 2.28. The molecule has 1 N–H and O–H groups in total. The number of sulfonamides is 1. The van der Waals surface area contributed by atoms with Crippen molar-refractivity contribution in [2.75, 3.05) is 19.4 Å². The van der Waals surface area contributed by atoms with Gasteiger partial charge in [0.25, 0.3) is 0 Å². The first-order valence-corrected chi connectivity index (χ1v) is 10.1. The number of aromatic nitrogens is 1. The normalized spacial score (nSPS) is 11.7. The summed E-state index contributed by atoms with van der Waals surface area (Å²) in [7, 11) is -0.398. The second-order valence-electron chi connectivity index (χ2n) is 5.48. The predicted molar refractivity (Wildman–Crippen MR) is 103 cm³/mol. The fourth-order valence-corrected chi connectivity index (χ4v) is 3.90. The highest BCUT2D eigenvalue weighted by Gasteiger charge is 2.17. The second kappa shape index (κ2) is 7.13. The number of nitrogens with one attached hydrogen (secondary N) is 1. The second-order valence-corrected chi connectivity index (χ2v) is 8.93. The summed E-state index contributed by atoms with van der Waals surface area (Å²) in [5, 5.41) is 6.57. The fraction of sp³-hybridized carbons (Fsp3) is 0.118. The molecule has 0 aliphatic heterocycles. The number of thiazole rings is 1. The summed E-state index contributed by atoms with van der Waals surface area (Å²) in [4.78, 5) is 4.80. The lowest BCUT2D eigenvalue weighted by atomic mass is 10.2. The van der Waals surface area contributed by atoms with E-state index >= 15 is 0 Å². The zero-order valence-electron chi connectivity index (χ0n) is 13.6. The molecule has 3 aromatic rings. The average molecular weight is 394 g/mol. The van der Waals surface area contributed by atoms with Gasteiger partial charge >= 0.3 is 0 Å². The van der Waals surface area contributed by atoms with Crippen molar-refractivity contribution in [2.24, 2.45) is 0 Å². The predicted octanol–water partition coefficient (Wildman–Crippen LogP) is 4.46. The first-order valence-electron chi connectivity index (χ1n) is 7.37. The molecule has 0 amide bonds. The number of anilines is 2. The Bertz CT molecular complexity index is 966. The van der Waals surface area contributed by atoms with E-state index in [4.69, 9.17) is 11.6 Å². The number of halogens is 1. The molecule has 25 heavy (non-hydrogen) atoms. The number of hydrogen-bond acceptors (Lipinski definition) is 5. The van der Waals surface area contributed by atoms with E-state index in [2.05, 4.69) is 10.3 Å². The molecule has 0 atom stereocenters. The lowest BCUT2D eigenvalue weighted by Crippen LogP contribution is -2.22. The SMILES string of the molecule is CN(C)S(=O)(=O)c1ccc(-c2csc(Nc3ccc(Cl)cc3)n2)cc1. The van der Waals surface area contributed by atoms with E-state index in [1.807, 2.05) is 29.6 Å². The van der Waals surface area contributed by atoms with Gasteiger partial charge in [0, 0.05) is 35.7 Å². The van der Waals surface area contributed by atoms with Crippen molar-refractivity contribution in [1.29, 1.82) is 0 Å². The molecule has 2 aromatic carbocycles. The Morgan fingerprint density at radius 2 is 1.68 bits per heavy atom. The first-order chi connectivity index (χ1) is 11.9. The molecule has 0 aliphatic carbocycles. The van der Waals surface area contributed by atoms with Crippen molar-refractivity contribution in [3.05, 3.63) is 58.9 Å². The number of benzene rings is 2. The van der Waals surface area contributed by atoms with Gasteiger partial charge in [0.1, 0.15) is 0 Å². The molecule has 0 saturated carbocycles. The maximum absolute atomic E-state index is 12.1. The highest BCUT2D eigenvalue weighted by molar-refractivity contribution is 7.89. The van der Waals surface area contributed by atoms with Crippen molar-refractivity contribution in [3.8, 4) is 11.3 Å². The number of nitrogens with zero attached hydrogens (tertiary/aromatic N) is 2. The Morgan fingerprint density at radius 3 is 2.28 bits per heavy atom. The van der Waals surface area contributed by atoms with Crippen LogP contribution in [0.3, 0.4) is 0 Å². The maximum atomic E-state index is 12.1. The van der Waals surface area contributed by atoms with Crippen LogP contribution in [0.25, 0.3) is 11.3 Å². The van der Waals surface area contributed by atoms with E-state index in [9.17, 15) is 8.42 Å². The molecule has 130 valence electrons. The molecule has 0 spiro atoms. The molecule has 8 heteroatoms. The van der Waals surface area contributed by atoms with Crippen molar-refractivity contribution >= 4 is 43.8 Å². The van der Waals surface area contributed by atoms with Crippen LogP contribution in [0, 0.1) is 0 Å². The van der Waals surface area contributed by atoms with Crippen LogP contribution in [0.4, 0.5) is 10.8 Å². The van der Waals surface area contributed by atoms with Crippen LogP contribution in [0.2, 0.25) is 5.02 Å². The summed E-state index contributed by atoms with van der Waals surface area (Å²) in [6.45, 7) is 0. The summed E-state index contributed by atoms with van der Waals surface area (Å²) in [6.07, 6.45) is 0. The van der Waals surface area contributed by atoms with Gasteiger partial charge in [0.05, 0.1) is 10.6 Å². The Morgan fingerprint density at radius 1 is 1.04 bits per heavy atom. The molecule has 0 unspecified atom stereocenters. The van der Waals surface area contributed by atoms with Crippen LogP contribution >= 0.6 is 22.9 Å². The molecule has 0 bridgehead atoms. The third kappa shape index (κ3) is 4.01. The van der Waals surface area contributed by atoms with Gasteiger partial charge in [-0.05, 0) is 36.4 Å². The van der Waals surface area contributed by atoms with Gasteiger partial charge in [-0.2, -0.15) is 0 Å². The minimum absolute atomic E-state index is 0.260. The van der Waals surface area contributed by atoms with Crippen LogP contribution in [-0.4, -0.2) is 31.8 Å². The van der Waals surface area contributed by atoms with Gasteiger partial charge < -0.3 is 5.32 Å². The number of rotatable bonds is 5.